The third-order valence-corrected chi connectivity index (χ3v) is 4.42. The van der Waals surface area contributed by atoms with Gasteiger partial charge in [0.1, 0.15) is 11.3 Å². The van der Waals surface area contributed by atoms with Gasteiger partial charge in [0.05, 0.1) is 4.90 Å². The fourth-order valence-corrected chi connectivity index (χ4v) is 3.03. The van der Waals surface area contributed by atoms with E-state index in [1.165, 1.54) is 12.1 Å². The van der Waals surface area contributed by atoms with Gasteiger partial charge < -0.3 is 5.73 Å². The highest BCUT2D eigenvalue weighted by atomic mass is 35.5. The molecule has 2 aromatic rings. The lowest BCUT2D eigenvalue weighted by Crippen LogP contribution is -2.15. The molecule has 0 aliphatic heterocycles. The largest absolute Gasteiger partial charge is 0.399 e. The maximum atomic E-state index is 12.2. The van der Waals surface area contributed by atoms with Crippen molar-refractivity contribution in [2.24, 2.45) is 0 Å². The molecule has 106 valence electrons. The Balaban J connectivity index is 2.43. The van der Waals surface area contributed by atoms with E-state index in [4.69, 9.17) is 28.9 Å². The number of rotatable bonds is 3. The number of nitrogens with one attached hydrogen (secondary N) is 1. The van der Waals surface area contributed by atoms with Gasteiger partial charge in [-0.05, 0) is 30.7 Å². The molecule has 0 saturated carbocycles. The Morgan fingerprint density at radius 1 is 1.20 bits per heavy atom. The Labute approximate surface area is 126 Å². The van der Waals surface area contributed by atoms with Gasteiger partial charge in [-0.15, -0.1) is 0 Å². The fraction of sp³-hybridized carbons (Fsp3) is 0.0909. The second-order valence-corrected chi connectivity index (χ2v) is 6.43. The molecule has 0 amide bonds. The number of hydrogen-bond donors (Lipinski definition) is 2. The third kappa shape index (κ3) is 3.12. The summed E-state index contributed by atoms with van der Waals surface area (Å²) in [5.41, 5.74) is 6.70. The summed E-state index contributed by atoms with van der Waals surface area (Å²) in [7, 11) is -3.86. The molecule has 1 aromatic heterocycles. The van der Waals surface area contributed by atoms with Crippen LogP contribution in [0, 0.1) is 6.92 Å². The van der Waals surface area contributed by atoms with Crippen LogP contribution < -0.4 is 10.5 Å². The summed E-state index contributed by atoms with van der Waals surface area (Å²) < 4.78 is 26.7. The van der Waals surface area contributed by atoms with E-state index in [9.17, 15) is 8.42 Å². The standard InChI is InChI=1S/C11H10Cl2N4O2S/c1-6-2-7(14)4-8(3-6)20(18,19)17-11-9(12)10(13)15-5-16-11/h2-5H,14H2,1H3,(H,15,16,17). The molecule has 0 spiro atoms. The van der Waals surface area contributed by atoms with Crippen LogP contribution in [0.5, 0.6) is 0 Å². The highest BCUT2D eigenvalue weighted by molar-refractivity contribution is 7.92. The maximum absolute atomic E-state index is 12.2. The lowest BCUT2D eigenvalue weighted by molar-refractivity contribution is 0.601. The molecule has 0 radical (unpaired) electrons. The van der Waals surface area contributed by atoms with Crippen molar-refractivity contribution >= 4 is 44.7 Å². The van der Waals surface area contributed by atoms with E-state index in [2.05, 4.69) is 14.7 Å². The van der Waals surface area contributed by atoms with Crippen LogP contribution in [-0.4, -0.2) is 18.4 Å². The molecule has 0 saturated heterocycles. The van der Waals surface area contributed by atoms with Crippen molar-refractivity contribution in [2.45, 2.75) is 11.8 Å². The lowest BCUT2D eigenvalue weighted by Gasteiger charge is -2.10. The summed E-state index contributed by atoms with van der Waals surface area (Å²) >= 11 is 11.5. The second kappa shape index (κ2) is 5.43. The molecule has 1 heterocycles. The molecule has 3 N–H and O–H groups in total. The van der Waals surface area contributed by atoms with Gasteiger partial charge in [0.2, 0.25) is 0 Å². The Kier molecular flexibility index (Phi) is 4.03. The van der Waals surface area contributed by atoms with E-state index in [-0.39, 0.29) is 20.9 Å². The first-order valence-electron chi connectivity index (χ1n) is 5.35. The highest BCUT2D eigenvalue weighted by Gasteiger charge is 2.18. The van der Waals surface area contributed by atoms with Crippen LogP contribution in [0.15, 0.2) is 29.4 Å². The molecule has 0 unspecified atom stereocenters. The van der Waals surface area contributed by atoms with Crippen LogP contribution >= 0.6 is 23.2 Å². The topological polar surface area (TPSA) is 98.0 Å². The van der Waals surface area contributed by atoms with Crippen molar-refractivity contribution in [3.63, 3.8) is 0 Å². The summed E-state index contributed by atoms with van der Waals surface area (Å²) in [5, 5.41) is -0.110. The number of nitrogens with two attached hydrogens (primary N) is 1. The molecule has 0 bridgehead atoms. The normalized spacial score (nSPS) is 11.3. The monoisotopic (exact) mass is 332 g/mol. The van der Waals surface area contributed by atoms with E-state index < -0.39 is 10.0 Å². The smallest absolute Gasteiger partial charge is 0.263 e. The molecule has 0 fully saturated rings. The Morgan fingerprint density at radius 3 is 2.55 bits per heavy atom. The number of sulfonamides is 1. The van der Waals surface area contributed by atoms with Gasteiger partial charge in [-0.2, -0.15) is 0 Å². The zero-order valence-electron chi connectivity index (χ0n) is 10.3. The summed E-state index contributed by atoms with van der Waals surface area (Å²) in [4.78, 5) is 7.40. The predicted molar refractivity (Wildman–Crippen MR) is 78.5 cm³/mol. The van der Waals surface area contributed by atoms with Gasteiger partial charge >= 0.3 is 0 Å². The van der Waals surface area contributed by atoms with E-state index in [1.807, 2.05) is 0 Å². The van der Waals surface area contributed by atoms with E-state index >= 15 is 0 Å². The molecular weight excluding hydrogens is 323 g/mol. The van der Waals surface area contributed by atoms with Crippen molar-refractivity contribution in [1.82, 2.24) is 9.97 Å². The van der Waals surface area contributed by atoms with Gasteiger partial charge in [0.25, 0.3) is 10.0 Å². The van der Waals surface area contributed by atoms with Gasteiger partial charge in [-0.3, -0.25) is 4.72 Å². The molecule has 0 aliphatic rings. The average molecular weight is 333 g/mol. The summed E-state index contributed by atoms with van der Waals surface area (Å²) in [6.45, 7) is 1.74. The molecule has 20 heavy (non-hydrogen) atoms. The average Bonchev–Trinajstić information content (AvgIpc) is 2.33. The first-order valence-corrected chi connectivity index (χ1v) is 7.59. The number of nitrogen functional groups attached to an aromatic ring is 1. The van der Waals surface area contributed by atoms with Gasteiger partial charge in [-0.25, -0.2) is 18.4 Å². The molecule has 0 atom stereocenters. The Bertz CT molecular complexity index is 745. The molecular formula is C11H10Cl2N4O2S. The van der Waals surface area contributed by atoms with Crippen molar-refractivity contribution in [3.8, 4) is 0 Å². The van der Waals surface area contributed by atoms with Crippen molar-refractivity contribution < 1.29 is 8.42 Å². The molecule has 9 heteroatoms. The minimum Gasteiger partial charge on any atom is -0.399 e. The molecule has 0 aliphatic carbocycles. The third-order valence-electron chi connectivity index (χ3n) is 2.36. The lowest BCUT2D eigenvalue weighted by atomic mass is 10.2. The Hall–Kier alpha value is -1.57. The SMILES string of the molecule is Cc1cc(N)cc(S(=O)(=O)Nc2ncnc(Cl)c2Cl)c1. The summed E-state index contributed by atoms with van der Waals surface area (Å²) in [6, 6.07) is 4.48. The van der Waals surface area contributed by atoms with Crippen LogP contribution in [0.2, 0.25) is 10.2 Å². The van der Waals surface area contributed by atoms with E-state index in [0.29, 0.717) is 5.69 Å². The fourth-order valence-electron chi connectivity index (χ4n) is 1.54. The minimum absolute atomic E-state index is 0.0146. The second-order valence-electron chi connectivity index (χ2n) is 4.01. The number of hydrogen-bond acceptors (Lipinski definition) is 5. The minimum atomic E-state index is -3.86. The van der Waals surface area contributed by atoms with Gasteiger partial charge in [-0.1, -0.05) is 23.2 Å². The van der Waals surface area contributed by atoms with Crippen LogP contribution in [0.25, 0.3) is 0 Å². The zero-order valence-corrected chi connectivity index (χ0v) is 12.6. The van der Waals surface area contributed by atoms with Gasteiger partial charge in [0, 0.05) is 5.69 Å². The molecule has 6 nitrogen and oxygen atoms in total. The first kappa shape index (κ1) is 14.8. The number of aromatic nitrogens is 2. The maximum Gasteiger partial charge on any atom is 0.263 e. The summed E-state index contributed by atoms with van der Waals surface area (Å²) in [6.07, 6.45) is 1.11. The van der Waals surface area contributed by atoms with Gasteiger partial charge in [0.15, 0.2) is 11.0 Å². The Morgan fingerprint density at radius 2 is 1.90 bits per heavy atom. The summed E-state index contributed by atoms with van der Waals surface area (Å²) in [5.74, 6) is -0.0910. The van der Waals surface area contributed by atoms with Crippen LogP contribution in [0.1, 0.15) is 5.56 Å². The van der Waals surface area contributed by atoms with E-state index in [1.54, 1.807) is 13.0 Å². The highest BCUT2D eigenvalue weighted by Crippen LogP contribution is 2.27. The number of benzene rings is 1. The number of halogens is 2. The van der Waals surface area contributed by atoms with E-state index in [0.717, 1.165) is 11.9 Å². The number of nitrogens with zero attached hydrogens (tertiary/aromatic N) is 2. The quantitative estimate of drug-likeness (QED) is 0.664. The van der Waals surface area contributed by atoms with Crippen LogP contribution in [-0.2, 0) is 10.0 Å². The predicted octanol–water partition coefficient (Wildman–Crippen LogP) is 2.47. The molecule has 2 rings (SSSR count). The van der Waals surface area contributed by atoms with Crippen LogP contribution in [0.3, 0.4) is 0 Å². The van der Waals surface area contributed by atoms with Crippen LogP contribution in [0.4, 0.5) is 11.5 Å². The number of aryl methyl sites for hydroxylation is 1. The zero-order chi connectivity index (χ0) is 14.9. The first-order chi connectivity index (χ1) is 9.29. The van der Waals surface area contributed by atoms with Crippen molar-refractivity contribution in [3.05, 3.63) is 40.3 Å². The number of anilines is 2. The van der Waals surface area contributed by atoms with Crippen molar-refractivity contribution in [1.29, 1.82) is 0 Å². The molecule has 1 aromatic carbocycles. The van der Waals surface area contributed by atoms with Crippen molar-refractivity contribution in [2.75, 3.05) is 10.5 Å².